The summed E-state index contributed by atoms with van der Waals surface area (Å²) < 4.78 is 2.10. The van der Waals surface area contributed by atoms with Crippen LogP contribution >= 0.6 is 0 Å². The van der Waals surface area contributed by atoms with E-state index in [2.05, 4.69) is 20.2 Å². The molecule has 6 nitrogen and oxygen atoms in total. The largest absolute Gasteiger partial charge is 0.359 e. The van der Waals surface area contributed by atoms with Crippen LogP contribution in [0.1, 0.15) is 18.5 Å². The maximum Gasteiger partial charge on any atom is 0.223 e. The third kappa shape index (κ3) is 3.09. The van der Waals surface area contributed by atoms with Crippen LogP contribution < -0.4 is 10.6 Å². The molecule has 0 fully saturated rings. The topological polar surface area (TPSA) is 76.0 Å². The lowest BCUT2D eigenvalue weighted by atomic mass is 9.95. The van der Waals surface area contributed by atoms with Crippen LogP contribution in [0.5, 0.6) is 0 Å². The van der Waals surface area contributed by atoms with Crippen molar-refractivity contribution in [3.8, 4) is 0 Å². The smallest absolute Gasteiger partial charge is 0.223 e. The molecule has 2 amide bonds. The normalized spacial score (nSPS) is 17.9. The average Bonchev–Trinajstić information content (AvgIpc) is 2.85. The van der Waals surface area contributed by atoms with Crippen molar-refractivity contribution >= 4 is 12.3 Å². The lowest BCUT2D eigenvalue weighted by molar-refractivity contribution is -0.125. The van der Waals surface area contributed by atoms with Gasteiger partial charge in [0.25, 0.3) is 0 Å². The summed E-state index contributed by atoms with van der Waals surface area (Å²) in [5.41, 5.74) is 1.13. The van der Waals surface area contributed by atoms with Crippen LogP contribution in [0.25, 0.3) is 0 Å². The van der Waals surface area contributed by atoms with Crippen molar-refractivity contribution in [1.29, 1.82) is 0 Å². The molecule has 1 aliphatic rings. The van der Waals surface area contributed by atoms with Crippen LogP contribution in [0.4, 0.5) is 0 Å². The standard InChI is InChI=1S/C12H18N4O2/c17-9-13-3-1-4-15-12(18)10-2-5-16-8-14-7-11(16)6-10/h7-10H,1-6H2,(H,13,17)(H,15,18). The molecule has 0 spiro atoms. The summed E-state index contributed by atoms with van der Waals surface area (Å²) in [6.07, 6.45) is 6.70. The molecule has 6 heteroatoms. The SMILES string of the molecule is O=CNCCCNC(=O)C1CCn2cncc2C1. The Labute approximate surface area is 106 Å². The van der Waals surface area contributed by atoms with Crippen molar-refractivity contribution in [2.45, 2.75) is 25.8 Å². The lowest BCUT2D eigenvalue weighted by Gasteiger charge is -2.22. The summed E-state index contributed by atoms with van der Waals surface area (Å²) >= 11 is 0. The summed E-state index contributed by atoms with van der Waals surface area (Å²) in [6.45, 7) is 2.07. The van der Waals surface area contributed by atoms with Gasteiger partial charge in [0.1, 0.15) is 0 Å². The quantitative estimate of drug-likeness (QED) is 0.537. The predicted octanol–water partition coefficient (Wildman–Crippen LogP) is -0.302. The van der Waals surface area contributed by atoms with Crippen molar-refractivity contribution in [3.63, 3.8) is 0 Å². The van der Waals surface area contributed by atoms with E-state index < -0.39 is 0 Å². The van der Waals surface area contributed by atoms with Gasteiger partial charge in [-0.05, 0) is 12.8 Å². The van der Waals surface area contributed by atoms with Crippen molar-refractivity contribution in [2.24, 2.45) is 5.92 Å². The Kier molecular flexibility index (Phi) is 4.33. The molecule has 2 heterocycles. The fraction of sp³-hybridized carbons (Fsp3) is 0.583. The molecule has 18 heavy (non-hydrogen) atoms. The number of carbonyl (C=O) groups excluding carboxylic acids is 2. The molecule has 1 aromatic rings. The highest BCUT2D eigenvalue weighted by atomic mass is 16.2. The zero-order valence-electron chi connectivity index (χ0n) is 10.3. The molecule has 0 aliphatic carbocycles. The molecule has 98 valence electrons. The Morgan fingerprint density at radius 2 is 2.44 bits per heavy atom. The monoisotopic (exact) mass is 250 g/mol. The molecule has 2 rings (SSSR count). The molecular formula is C12H18N4O2. The molecule has 0 bridgehead atoms. The molecule has 0 radical (unpaired) electrons. The zero-order chi connectivity index (χ0) is 12.8. The molecule has 0 saturated heterocycles. The van der Waals surface area contributed by atoms with Crippen molar-refractivity contribution in [2.75, 3.05) is 13.1 Å². The van der Waals surface area contributed by atoms with Crippen LogP contribution in [0.3, 0.4) is 0 Å². The van der Waals surface area contributed by atoms with Crippen molar-refractivity contribution < 1.29 is 9.59 Å². The molecule has 1 atom stereocenters. The number of carbonyl (C=O) groups is 2. The summed E-state index contributed by atoms with van der Waals surface area (Å²) in [5.74, 6) is 0.154. The highest BCUT2D eigenvalue weighted by molar-refractivity contribution is 5.79. The third-order valence-corrected chi connectivity index (χ3v) is 3.22. The first-order valence-electron chi connectivity index (χ1n) is 6.25. The second kappa shape index (κ2) is 6.18. The van der Waals surface area contributed by atoms with Crippen molar-refractivity contribution in [3.05, 3.63) is 18.2 Å². The minimum atomic E-state index is 0.0493. The third-order valence-electron chi connectivity index (χ3n) is 3.22. The maximum atomic E-state index is 11.9. The van der Waals surface area contributed by atoms with E-state index in [-0.39, 0.29) is 11.8 Å². The molecule has 0 saturated carbocycles. The van der Waals surface area contributed by atoms with Gasteiger partial charge in [0.2, 0.25) is 12.3 Å². The Bertz CT molecular complexity index is 416. The molecule has 1 unspecified atom stereocenters. The van der Waals surface area contributed by atoms with E-state index in [4.69, 9.17) is 0 Å². The van der Waals surface area contributed by atoms with Crippen LogP contribution in [-0.4, -0.2) is 35.0 Å². The van der Waals surface area contributed by atoms with Gasteiger partial charge in [0.15, 0.2) is 0 Å². The van der Waals surface area contributed by atoms with Crippen LogP contribution in [0.15, 0.2) is 12.5 Å². The Hall–Kier alpha value is -1.85. The second-order valence-corrected chi connectivity index (χ2v) is 4.48. The second-order valence-electron chi connectivity index (χ2n) is 4.48. The average molecular weight is 250 g/mol. The number of nitrogens with one attached hydrogen (secondary N) is 2. The van der Waals surface area contributed by atoms with E-state index in [0.29, 0.717) is 19.5 Å². The number of hydrogen-bond acceptors (Lipinski definition) is 3. The minimum absolute atomic E-state index is 0.0493. The van der Waals surface area contributed by atoms with Gasteiger partial charge < -0.3 is 15.2 Å². The number of amides is 2. The molecule has 2 N–H and O–H groups in total. The van der Waals surface area contributed by atoms with Crippen molar-refractivity contribution in [1.82, 2.24) is 20.2 Å². The highest BCUT2D eigenvalue weighted by Gasteiger charge is 2.24. The molecule has 1 aromatic heterocycles. The maximum absolute atomic E-state index is 11.9. The minimum Gasteiger partial charge on any atom is -0.359 e. The Morgan fingerprint density at radius 1 is 1.56 bits per heavy atom. The van der Waals surface area contributed by atoms with Gasteiger partial charge in [-0.25, -0.2) is 4.98 Å². The van der Waals surface area contributed by atoms with Gasteiger partial charge >= 0.3 is 0 Å². The Morgan fingerprint density at radius 3 is 3.28 bits per heavy atom. The number of aromatic nitrogens is 2. The number of aryl methyl sites for hydroxylation is 1. The summed E-state index contributed by atoms with van der Waals surface area (Å²) in [4.78, 5) is 26.0. The van der Waals surface area contributed by atoms with Gasteiger partial charge in [-0.2, -0.15) is 0 Å². The van der Waals surface area contributed by atoms with E-state index in [0.717, 1.165) is 31.5 Å². The number of hydrogen-bond donors (Lipinski definition) is 2. The van der Waals surface area contributed by atoms with E-state index in [1.165, 1.54) is 0 Å². The van der Waals surface area contributed by atoms with Crippen LogP contribution in [0.2, 0.25) is 0 Å². The molecular weight excluding hydrogens is 232 g/mol. The zero-order valence-corrected chi connectivity index (χ0v) is 10.3. The number of rotatable bonds is 6. The van der Waals surface area contributed by atoms with Gasteiger partial charge in [-0.3, -0.25) is 9.59 Å². The van der Waals surface area contributed by atoms with E-state index in [1.54, 1.807) is 0 Å². The first-order valence-corrected chi connectivity index (χ1v) is 6.25. The summed E-state index contributed by atoms with van der Waals surface area (Å²) in [6, 6.07) is 0. The van der Waals surface area contributed by atoms with E-state index in [9.17, 15) is 9.59 Å². The van der Waals surface area contributed by atoms with Gasteiger partial charge in [0, 0.05) is 43.9 Å². The van der Waals surface area contributed by atoms with E-state index in [1.807, 2.05) is 12.5 Å². The number of fused-ring (bicyclic) bond motifs is 1. The predicted molar refractivity (Wildman–Crippen MR) is 65.7 cm³/mol. The van der Waals surface area contributed by atoms with Crippen LogP contribution in [-0.2, 0) is 22.6 Å². The summed E-state index contributed by atoms with van der Waals surface area (Å²) in [5, 5.41) is 5.48. The highest BCUT2D eigenvalue weighted by Crippen LogP contribution is 2.19. The summed E-state index contributed by atoms with van der Waals surface area (Å²) in [7, 11) is 0. The first-order chi connectivity index (χ1) is 8.81. The van der Waals surface area contributed by atoms with Gasteiger partial charge in [-0.15, -0.1) is 0 Å². The van der Waals surface area contributed by atoms with Gasteiger partial charge in [0.05, 0.1) is 6.33 Å². The number of imidazole rings is 1. The lowest BCUT2D eigenvalue weighted by Crippen LogP contribution is -2.36. The number of nitrogens with zero attached hydrogens (tertiary/aromatic N) is 2. The van der Waals surface area contributed by atoms with E-state index >= 15 is 0 Å². The Balaban J connectivity index is 1.72. The fourth-order valence-corrected chi connectivity index (χ4v) is 2.20. The fourth-order valence-electron chi connectivity index (χ4n) is 2.20. The van der Waals surface area contributed by atoms with Crippen LogP contribution in [0, 0.1) is 5.92 Å². The van der Waals surface area contributed by atoms with Gasteiger partial charge in [-0.1, -0.05) is 0 Å². The first kappa shape index (κ1) is 12.6. The molecule has 1 aliphatic heterocycles. The molecule has 0 aromatic carbocycles.